The molecule has 1 saturated heterocycles. The maximum atomic E-state index is 12.3. The molecule has 5 heteroatoms. The van der Waals surface area contributed by atoms with Crippen molar-refractivity contribution in [2.75, 3.05) is 31.6 Å². The summed E-state index contributed by atoms with van der Waals surface area (Å²) in [5.74, 6) is 5.95. The highest BCUT2D eigenvalue weighted by atomic mass is 16.1. The summed E-state index contributed by atoms with van der Waals surface area (Å²) in [7, 11) is 0. The summed E-state index contributed by atoms with van der Waals surface area (Å²) in [4.78, 5) is 14.7. The molecule has 0 aliphatic carbocycles. The maximum absolute atomic E-state index is 12.3. The number of hydrogen-bond donors (Lipinski definition) is 3. The van der Waals surface area contributed by atoms with Gasteiger partial charge in [0.2, 0.25) is 0 Å². The molecule has 1 unspecified atom stereocenters. The molecule has 0 saturated carbocycles. The largest absolute Gasteiger partial charge is 0.352 e. The summed E-state index contributed by atoms with van der Waals surface area (Å²) in [5.41, 5.74) is 4.90. The van der Waals surface area contributed by atoms with E-state index in [0.29, 0.717) is 17.2 Å². The first-order valence-corrected chi connectivity index (χ1v) is 7.21. The Morgan fingerprint density at radius 1 is 1.50 bits per heavy atom. The Balaban J connectivity index is 1.93. The molecule has 1 aliphatic rings. The number of anilines is 1. The lowest BCUT2D eigenvalue weighted by Gasteiger charge is -2.15. The number of nitrogens with one attached hydrogen (secondary N) is 2. The number of hydrogen-bond acceptors (Lipinski definition) is 4. The van der Waals surface area contributed by atoms with Gasteiger partial charge in [0.1, 0.15) is 0 Å². The van der Waals surface area contributed by atoms with Gasteiger partial charge in [-0.25, -0.2) is 0 Å². The Hall–Kier alpha value is -1.59. The van der Waals surface area contributed by atoms with Crippen LogP contribution in [0.2, 0.25) is 0 Å². The van der Waals surface area contributed by atoms with E-state index in [0.717, 1.165) is 38.2 Å². The van der Waals surface area contributed by atoms with Crippen molar-refractivity contribution in [2.24, 2.45) is 11.8 Å². The molecular weight excluding hydrogens is 252 g/mol. The second kappa shape index (κ2) is 6.72. The van der Waals surface area contributed by atoms with Crippen LogP contribution in [0.4, 0.5) is 5.69 Å². The predicted molar refractivity (Wildman–Crippen MR) is 81.5 cm³/mol. The normalized spacial score (nSPS) is 19.1. The Morgan fingerprint density at radius 3 is 2.95 bits per heavy atom. The van der Waals surface area contributed by atoms with Crippen LogP contribution in [0.25, 0.3) is 0 Å². The number of rotatable bonds is 5. The molecule has 4 N–H and O–H groups in total. The van der Waals surface area contributed by atoms with Gasteiger partial charge in [-0.15, -0.1) is 0 Å². The van der Waals surface area contributed by atoms with Crippen molar-refractivity contribution < 1.29 is 4.79 Å². The van der Waals surface area contributed by atoms with Crippen LogP contribution in [-0.2, 0) is 0 Å². The van der Waals surface area contributed by atoms with Crippen LogP contribution < -0.4 is 16.6 Å². The number of amides is 1. The van der Waals surface area contributed by atoms with Gasteiger partial charge in [0.15, 0.2) is 0 Å². The molecule has 1 atom stereocenters. The summed E-state index contributed by atoms with van der Waals surface area (Å²) >= 11 is 0. The molecule has 110 valence electrons. The Labute approximate surface area is 120 Å². The Kier molecular flexibility index (Phi) is 4.98. The summed E-state index contributed by atoms with van der Waals surface area (Å²) in [5, 5.41) is 3.03. The predicted octanol–water partition coefficient (Wildman–Crippen LogP) is 1.35. The van der Waals surface area contributed by atoms with Gasteiger partial charge < -0.3 is 15.6 Å². The lowest BCUT2D eigenvalue weighted by atomic mass is 10.1. The van der Waals surface area contributed by atoms with Gasteiger partial charge >= 0.3 is 0 Å². The van der Waals surface area contributed by atoms with Crippen LogP contribution in [0.1, 0.15) is 29.3 Å². The number of carbonyl (C=O) groups excluding carboxylic acids is 1. The van der Waals surface area contributed by atoms with E-state index in [1.54, 1.807) is 0 Å². The monoisotopic (exact) mass is 276 g/mol. The lowest BCUT2D eigenvalue weighted by Crippen LogP contribution is -2.31. The fourth-order valence-corrected chi connectivity index (χ4v) is 2.67. The van der Waals surface area contributed by atoms with E-state index < -0.39 is 0 Å². The number of nitrogen functional groups attached to an aromatic ring is 1. The van der Waals surface area contributed by atoms with Crippen molar-refractivity contribution in [3.63, 3.8) is 0 Å². The van der Waals surface area contributed by atoms with E-state index in [-0.39, 0.29) is 5.91 Å². The first-order valence-electron chi connectivity index (χ1n) is 7.21. The highest BCUT2D eigenvalue weighted by molar-refractivity contribution is 5.99. The van der Waals surface area contributed by atoms with Gasteiger partial charge in [-0.3, -0.25) is 10.6 Å². The van der Waals surface area contributed by atoms with E-state index in [2.05, 4.69) is 22.6 Å². The molecule has 0 radical (unpaired) electrons. The highest BCUT2D eigenvalue weighted by Gasteiger charge is 2.22. The minimum atomic E-state index is -0.0587. The third kappa shape index (κ3) is 3.49. The number of carbonyl (C=O) groups is 1. The molecule has 1 amide bonds. The Bertz CT molecular complexity index is 475. The zero-order valence-electron chi connectivity index (χ0n) is 12.3. The van der Waals surface area contributed by atoms with Crippen molar-refractivity contribution in [3.8, 4) is 0 Å². The summed E-state index contributed by atoms with van der Waals surface area (Å²) in [6.07, 6.45) is 1.16. The second-order valence-corrected chi connectivity index (χ2v) is 5.45. The highest BCUT2D eigenvalue weighted by Crippen LogP contribution is 2.18. The Morgan fingerprint density at radius 2 is 2.30 bits per heavy atom. The van der Waals surface area contributed by atoms with Crippen molar-refractivity contribution in [1.82, 2.24) is 10.2 Å². The van der Waals surface area contributed by atoms with Crippen molar-refractivity contribution >= 4 is 11.6 Å². The van der Waals surface area contributed by atoms with Crippen LogP contribution in [0.5, 0.6) is 0 Å². The van der Waals surface area contributed by atoms with Crippen molar-refractivity contribution in [1.29, 1.82) is 0 Å². The molecule has 1 aromatic carbocycles. The van der Waals surface area contributed by atoms with Gasteiger partial charge in [0, 0.05) is 13.1 Å². The van der Waals surface area contributed by atoms with E-state index in [9.17, 15) is 4.79 Å². The second-order valence-electron chi connectivity index (χ2n) is 5.45. The average Bonchev–Trinajstić information content (AvgIpc) is 2.92. The molecule has 0 spiro atoms. The van der Waals surface area contributed by atoms with Gasteiger partial charge in [-0.1, -0.05) is 18.6 Å². The fraction of sp³-hybridized carbons (Fsp3) is 0.533. The van der Waals surface area contributed by atoms with Crippen LogP contribution in [0.3, 0.4) is 0 Å². The molecule has 0 aromatic heterocycles. The van der Waals surface area contributed by atoms with E-state index in [1.165, 1.54) is 0 Å². The van der Waals surface area contributed by atoms with E-state index in [4.69, 9.17) is 5.84 Å². The van der Waals surface area contributed by atoms with Crippen LogP contribution in [-0.4, -0.2) is 37.0 Å². The summed E-state index contributed by atoms with van der Waals surface area (Å²) < 4.78 is 0. The first kappa shape index (κ1) is 14.8. The molecule has 1 fully saturated rings. The van der Waals surface area contributed by atoms with Gasteiger partial charge in [0.25, 0.3) is 5.91 Å². The van der Waals surface area contributed by atoms with E-state index in [1.807, 2.05) is 25.1 Å². The summed E-state index contributed by atoms with van der Waals surface area (Å²) in [6.45, 7) is 8.17. The molecule has 1 aromatic rings. The SMILES string of the molecule is CCN1CCC(CNC(=O)c2cc(C)ccc2NN)C1. The number of benzene rings is 1. The average molecular weight is 276 g/mol. The van der Waals surface area contributed by atoms with Crippen LogP contribution in [0, 0.1) is 12.8 Å². The zero-order valence-corrected chi connectivity index (χ0v) is 12.3. The number of nitrogens with zero attached hydrogens (tertiary/aromatic N) is 1. The standard InChI is InChI=1S/C15H24N4O/c1-3-19-7-6-12(10-19)9-17-15(20)13-8-11(2)4-5-14(13)18-16/h4-5,8,12,18H,3,6-7,9-10,16H2,1-2H3,(H,17,20). The third-order valence-corrected chi connectivity index (χ3v) is 3.94. The summed E-state index contributed by atoms with van der Waals surface area (Å²) in [6, 6.07) is 5.62. The van der Waals surface area contributed by atoms with Gasteiger partial charge in [0.05, 0.1) is 11.3 Å². The number of likely N-dealkylation sites (tertiary alicyclic amines) is 1. The fourth-order valence-electron chi connectivity index (χ4n) is 2.67. The minimum Gasteiger partial charge on any atom is -0.352 e. The molecular formula is C15H24N4O. The van der Waals surface area contributed by atoms with Crippen LogP contribution in [0.15, 0.2) is 18.2 Å². The third-order valence-electron chi connectivity index (χ3n) is 3.94. The van der Waals surface area contributed by atoms with Crippen molar-refractivity contribution in [2.45, 2.75) is 20.3 Å². The number of hydrazine groups is 1. The number of nitrogens with two attached hydrogens (primary N) is 1. The zero-order chi connectivity index (χ0) is 14.5. The number of aryl methyl sites for hydroxylation is 1. The van der Waals surface area contributed by atoms with Crippen molar-refractivity contribution in [3.05, 3.63) is 29.3 Å². The maximum Gasteiger partial charge on any atom is 0.253 e. The minimum absolute atomic E-state index is 0.0587. The molecule has 1 aliphatic heterocycles. The lowest BCUT2D eigenvalue weighted by molar-refractivity contribution is 0.0948. The molecule has 0 bridgehead atoms. The van der Waals surface area contributed by atoms with E-state index >= 15 is 0 Å². The first-order chi connectivity index (χ1) is 9.63. The molecule has 1 heterocycles. The van der Waals surface area contributed by atoms with Gasteiger partial charge in [-0.2, -0.15) is 0 Å². The van der Waals surface area contributed by atoms with Crippen LogP contribution >= 0.6 is 0 Å². The quantitative estimate of drug-likeness (QED) is 0.561. The van der Waals surface area contributed by atoms with Gasteiger partial charge in [-0.05, 0) is 44.5 Å². The molecule has 2 rings (SSSR count). The smallest absolute Gasteiger partial charge is 0.253 e. The molecule has 20 heavy (non-hydrogen) atoms. The topological polar surface area (TPSA) is 70.4 Å². The molecule has 5 nitrogen and oxygen atoms in total.